The molecule has 17 heavy (non-hydrogen) atoms. The normalized spacial score (nSPS) is 15.9. The number of nitrogens with two attached hydrogens (primary N) is 1. The lowest BCUT2D eigenvalue weighted by atomic mass is 10.1. The highest BCUT2D eigenvalue weighted by atomic mass is 32.2. The molecule has 1 aromatic carbocycles. The van der Waals surface area contributed by atoms with Crippen LogP contribution in [0.2, 0.25) is 0 Å². The van der Waals surface area contributed by atoms with Gasteiger partial charge in [0.1, 0.15) is 0 Å². The van der Waals surface area contributed by atoms with Crippen molar-refractivity contribution in [3.05, 3.63) is 23.8 Å². The maximum Gasteiger partial charge on any atom is 0.266 e. The third kappa shape index (κ3) is 3.32. The van der Waals surface area contributed by atoms with E-state index < -0.39 is 21.9 Å². The second kappa shape index (κ2) is 4.52. The van der Waals surface area contributed by atoms with Crippen LogP contribution in [0.3, 0.4) is 0 Å². The van der Waals surface area contributed by atoms with Crippen molar-refractivity contribution in [2.45, 2.75) is 12.5 Å². The molecule has 0 fully saturated rings. The van der Waals surface area contributed by atoms with Gasteiger partial charge in [-0.15, -0.1) is 0 Å². The number of fused-ring (bicyclic) bond motifs is 1. The van der Waals surface area contributed by atoms with Crippen molar-refractivity contribution in [1.82, 2.24) is 0 Å². The first-order valence-corrected chi connectivity index (χ1v) is 6.64. The van der Waals surface area contributed by atoms with Crippen LogP contribution in [0.15, 0.2) is 18.2 Å². The fraction of sp³-hybridized carbons (Fsp3) is 0.400. The third-order valence-electron chi connectivity index (χ3n) is 2.36. The minimum atomic E-state index is -4.04. The maximum atomic E-state index is 10.6. The molecule has 0 amide bonds. The summed E-state index contributed by atoms with van der Waals surface area (Å²) in [5.74, 6) is 0.834. The zero-order chi connectivity index (χ0) is 12.5. The molecule has 1 aliphatic rings. The van der Waals surface area contributed by atoms with Crippen molar-refractivity contribution in [2.75, 3.05) is 12.5 Å². The smallest absolute Gasteiger partial charge is 0.266 e. The molecule has 0 saturated heterocycles. The Balaban J connectivity index is 2.04. The van der Waals surface area contributed by atoms with Crippen molar-refractivity contribution in [3.63, 3.8) is 0 Å². The number of benzene rings is 1. The van der Waals surface area contributed by atoms with Crippen molar-refractivity contribution in [1.29, 1.82) is 0 Å². The highest BCUT2D eigenvalue weighted by Crippen LogP contribution is 2.32. The van der Waals surface area contributed by atoms with E-state index in [0.29, 0.717) is 17.9 Å². The molecular weight excluding hydrogens is 246 g/mol. The summed E-state index contributed by atoms with van der Waals surface area (Å²) in [5.41, 5.74) is 6.46. The summed E-state index contributed by atoms with van der Waals surface area (Å²) in [5, 5.41) is 0. The summed E-state index contributed by atoms with van der Waals surface area (Å²) in [7, 11) is -4.04. The summed E-state index contributed by atoms with van der Waals surface area (Å²) < 4.78 is 40.3. The molecule has 0 radical (unpaired) electrons. The summed E-state index contributed by atoms with van der Waals surface area (Å²) in [4.78, 5) is 0. The Kier molecular flexibility index (Phi) is 3.23. The predicted octanol–water partition coefficient (Wildman–Crippen LogP) is 0.173. The van der Waals surface area contributed by atoms with E-state index >= 15 is 0 Å². The van der Waals surface area contributed by atoms with Gasteiger partial charge in [0.2, 0.25) is 6.79 Å². The molecule has 0 spiro atoms. The van der Waals surface area contributed by atoms with Gasteiger partial charge in [-0.3, -0.25) is 4.55 Å². The first-order valence-electron chi connectivity index (χ1n) is 5.03. The summed E-state index contributed by atoms with van der Waals surface area (Å²) >= 11 is 0. The SMILES string of the molecule is N[C@H](Cc1ccc2c(c1)OCO2)CS(=O)(=O)O. The molecule has 0 aromatic heterocycles. The zero-order valence-electron chi connectivity index (χ0n) is 9.00. The predicted molar refractivity (Wildman–Crippen MR) is 60.7 cm³/mol. The van der Waals surface area contributed by atoms with E-state index in [1.807, 2.05) is 0 Å². The average molecular weight is 259 g/mol. The largest absolute Gasteiger partial charge is 0.454 e. The van der Waals surface area contributed by atoms with Gasteiger partial charge < -0.3 is 15.2 Å². The molecule has 1 aromatic rings. The van der Waals surface area contributed by atoms with Gasteiger partial charge in [-0.05, 0) is 24.1 Å². The van der Waals surface area contributed by atoms with E-state index in [9.17, 15) is 8.42 Å². The molecule has 94 valence electrons. The van der Waals surface area contributed by atoms with E-state index in [4.69, 9.17) is 19.8 Å². The van der Waals surface area contributed by atoms with Gasteiger partial charge in [0.15, 0.2) is 11.5 Å². The van der Waals surface area contributed by atoms with Crippen LogP contribution in [0, 0.1) is 0 Å². The number of ether oxygens (including phenoxy) is 2. The number of hydrogen-bond acceptors (Lipinski definition) is 5. The van der Waals surface area contributed by atoms with Gasteiger partial charge >= 0.3 is 0 Å². The fourth-order valence-corrected chi connectivity index (χ4v) is 2.36. The minimum Gasteiger partial charge on any atom is -0.454 e. The molecule has 6 nitrogen and oxygen atoms in total. The monoisotopic (exact) mass is 259 g/mol. The Bertz CT molecular complexity index is 513. The van der Waals surface area contributed by atoms with Gasteiger partial charge in [0, 0.05) is 6.04 Å². The van der Waals surface area contributed by atoms with Crippen LogP contribution in [0.5, 0.6) is 11.5 Å². The lowest BCUT2D eigenvalue weighted by Crippen LogP contribution is -2.31. The molecule has 2 rings (SSSR count). The van der Waals surface area contributed by atoms with Crippen LogP contribution < -0.4 is 15.2 Å². The van der Waals surface area contributed by atoms with Gasteiger partial charge in [0.25, 0.3) is 10.1 Å². The van der Waals surface area contributed by atoms with E-state index in [1.54, 1.807) is 18.2 Å². The van der Waals surface area contributed by atoms with Gasteiger partial charge in [-0.1, -0.05) is 6.07 Å². The molecular formula is C10H13NO5S. The highest BCUT2D eigenvalue weighted by molar-refractivity contribution is 7.85. The Morgan fingerprint density at radius 3 is 2.76 bits per heavy atom. The summed E-state index contributed by atoms with van der Waals surface area (Å²) in [6, 6.07) is 4.65. The van der Waals surface area contributed by atoms with Crippen LogP contribution in [0.25, 0.3) is 0 Å². The maximum absolute atomic E-state index is 10.6. The molecule has 3 N–H and O–H groups in total. The molecule has 0 aliphatic carbocycles. The van der Waals surface area contributed by atoms with Crippen molar-refractivity contribution in [2.24, 2.45) is 5.73 Å². The Morgan fingerprint density at radius 2 is 2.06 bits per heavy atom. The quantitative estimate of drug-likeness (QED) is 0.748. The second-order valence-corrected chi connectivity index (χ2v) is 5.40. The van der Waals surface area contributed by atoms with E-state index in [-0.39, 0.29) is 6.79 Å². The van der Waals surface area contributed by atoms with Crippen LogP contribution in [0.4, 0.5) is 0 Å². The highest BCUT2D eigenvalue weighted by Gasteiger charge is 2.16. The van der Waals surface area contributed by atoms with E-state index in [0.717, 1.165) is 5.56 Å². The molecule has 0 saturated carbocycles. The zero-order valence-corrected chi connectivity index (χ0v) is 9.81. The Morgan fingerprint density at radius 1 is 1.35 bits per heavy atom. The van der Waals surface area contributed by atoms with Crippen LogP contribution in [-0.4, -0.2) is 31.6 Å². The minimum absolute atomic E-state index is 0.190. The van der Waals surface area contributed by atoms with Gasteiger partial charge in [0.05, 0.1) is 5.75 Å². The van der Waals surface area contributed by atoms with Crippen LogP contribution in [0.1, 0.15) is 5.56 Å². The lowest BCUT2D eigenvalue weighted by Gasteiger charge is -2.09. The molecule has 1 aliphatic heterocycles. The number of hydrogen-bond donors (Lipinski definition) is 2. The summed E-state index contributed by atoms with van der Waals surface area (Å²) in [6.07, 6.45) is 0.344. The molecule has 1 heterocycles. The Labute approximate surface area is 99.1 Å². The molecule has 1 atom stereocenters. The summed E-state index contributed by atoms with van der Waals surface area (Å²) in [6.45, 7) is 0.190. The third-order valence-corrected chi connectivity index (χ3v) is 3.21. The topological polar surface area (TPSA) is 98.9 Å². The lowest BCUT2D eigenvalue weighted by molar-refractivity contribution is 0.174. The molecule has 0 bridgehead atoms. The Hall–Kier alpha value is -1.31. The van der Waals surface area contributed by atoms with Crippen molar-refractivity contribution >= 4 is 10.1 Å². The molecule has 7 heteroatoms. The second-order valence-electron chi connectivity index (χ2n) is 3.90. The first-order chi connectivity index (χ1) is 7.94. The van der Waals surface area contributed by atoms with Crippen molar-refractivity contribution in [3.8, 4) is 11.5 Å². The standard InChI is InChI=1S/C10H13NO5S/c11-8(5-17(12,13)14)3-7-1-2-9-10(4-7)16-6-15-9/h1-2,4,8H,3,5-6,11H2,(H,12,13,14)/t8-/m1/s1. The molecule has 0 unspecified atom stereocenters. The van der Waals surface area contributed by atoms with E-state index in [1.165, 1.54) is 0 Å². The number of rotatable bonds is 4. The van der Waals surface area contributed by atoms with Crippen LogP contribution in [-0.2, 0) is 16.5 Å². The van der Waals surface area contributed by atoms with E-state index in [2.05, 4.69) is 0 Å². The van der Waals surface area contributed by atoms with Gasteiger partial charge in [-0.25, -0.2) is 0 Å². The average Bonchev–Trinajstić information content (AvgIpc) is 2.61. The van der Waals surface area contributed by atoms with Crippen molar-refractivity contribution < 1.29 is 22.4 Å². The first kappa shape index (κ1) is 12.2. The fourth-order valence-electron chi connectivity index (χ4n) is 1.70. The van der Waals surface area contributed by atoms with Gasteiger partial charge in [-0.2, -0.15) is 8.42 Å². The van der Waals surface area contributed by atoms with Crippen LogP contribution >= 0.6 is 0 Å².